The number of halogens is 1. The molecule has 0 spiro atoms. The molecular weight excluding hydrogens is 519 g/mol. The molecule has 2 atom stereocenters. The van der Waals surface area contributed by atoms with Crippen molar-refractivity contribution in [2.24, 2.45) is 9.86 Å². The van der Waals surface area contributed by atoms with Crippen molar-refractivity contribution in [3.05, 3.63) is 0 Å². The Morgan fingerprint density at radius 1 is 0.806 bits per heavy atom. The Hall–Kier alpha value is -1.96. The number of carbonyl (C=O) groups excluding carboxylic acids is 5. The van der Waals surface area contributed by atoms with E-state index in [2.05, 4.69) is 26.6 Å². The quantitative estimate of drug-likeness (QED) is 0.0483. The summed E-state index contributed by atoms with van der Waals surface area (Å²) in [6.45, 7) is 5.75. The predicted octanol–water partition coefficient (Wildman–Crippen LogP) is -4.87. The fourth-order valence-electron chi connectivity index (χ4n) is 2.38. The summed E-state index contributed by atoms with van der Waals surface area (Å²) in [6.07, 6.45) is 2.47. The molecule has 0 aliphatic rings. The number of nitrogens with two attached hydrogens (primary N) is 1. The first kappa shape index (κ1) is 29.0. The van der Waals surface area contributed by atoms with Crippen molar-refractivity contribution >= 4 is 29.5 Å². The number of unbranched alkanes of at least 4 members (excludes halogenated alkanes) is 2. The Balaban J connectivity index is 3.85. The summed E-state index contributed by atoms with van der Waals surface area (Å²) in [5, 5.41) is 12.8. The molecule has 0 radical (unpaired) electrons. The average Bonchev–Trinajstić information content (AvgIpc) is 2.73. The van der Waals surface area contributed by atoms with Gasteiger partial charge in [-0.25, -0.2) is 0 Å². The third kappa shape index (κ3) is 15.5. The molecular formula is C19H36IN6O5-. The van der Waals surface area contributed by atoms with Gasteiger partial charge in [0, 0.05) is 6.54 Å². The van der Waals surface area contributed by atoms with Gasteiger partial charge >= 0.3 is 114 Å². The van der Waals surface area contributed by atoms with Gasteiger partial charge in [-0.15, -0.1) is 0 Å². The SMILES string of the molecule is CCNC(=O)CNC(=O)C(C)NC(=O)CNC(=O)CCCCCNC(=O)C(C)C[I-]N. The summed E-state index contributed by atoms with van der Waals surface area (Å²) in [4.78, 5) is 58.6. The van der Waals surface area contributed by atoms with Crippen molar-refractivity contribution in [3.8, 4) is 0 Å². The van der Waals surface area contributed by atoms with Gasteiger partial charge in [-0.1, -0.05) is 0 Å². The molecule has 7 N–H and O–H groups in total. The summed E-state index contributed by atoms with van der Waals surface area (Å²) in [6, 6.07) is -0.830. The normalized spacial score (nSPS) is 12.4. The van der Waals surface area contributed by atoms with Crippen molar-refractivity contribution in [2.75, 3.05) is 30.6 Å². The Morgan fingerprint density at radius 3 is 2.13 bits per heavy atom. The number of likely N-dealkylation sites (N-methyl/N-ethyl adjacent to an activating group) is 1. The number of amides is 5. The topological polar surface area (TPSA) is 172 Å². The van der Waals surface area contributed by atoms with Crippen LogP contribution in [0.15, 0.2) is 0 Å². The summed E-state index contributed by atoms with van der Waals surface area (Å²) < 4.78 is 6.30. The summed E-state index contributed by atoms with van der Waals surface area (Å²) >= 11 is -0.391. The molecule has 0 fully saturated rings. The van der Waals surface area contributed by atoms with Crippen LogP contribution >= 0.6 is 0 Å². The molecule has 0 aliphatic carbocycles. The van der Waals surface area contributed by atoms with Crippen molar-refractivity contribution in [1.29, 1.82) is 0 Å². The van der Waals surface area contributed by atoms with Gasteiger partial charge in [-0.05, 0) is 13.8 Å². The van der Waals surface area contributed by atoms with Crippen LogP contribution < -0.4 is 52.0 Å². The number of alkyl halides is 1. The summed E-state index contributed by atoms with van der Waals surface area (Å²) in [5.41, 5.74) is 0. The molecule has 180 valence electrons. The molecule has 2 unspecified atom stereocenters. The standard InChI is InChI=1S/C19H36IN6O5/c1-4-22-16(28)11-25-19(31)14(3)26-17(29)12-24-15(27)8-6-5-7-9-23-18(30)13(2)10-20-21/h13-14H,4-12,21H2,1-3H3,(H,22,28)(H,23,30)(H,24,27)(H,25,31)(H,26,29)/q-1. The zero-order valence-corrected chi connectivity index (χ0v) is 20.7. The van der Waals surface area contributed by atoms with Gasteiger partial charge in [0.05, 0.1) is 6.54 Å². The van der Waals surface area contributed by atoms with Crippen LogP contribution in [0.2, 0.25) is 0 Å². The summed E-state index contributed by atoms with van der Waals surface area (Å²) in [7, 11) is 0. The molecule has 0 rings (SSSR count). The van der Waals surface area contributed by atoms with Crippen LogP contribution in [-0.4, -0.2) is 66.2 Å². The Bertz CT molecular complexity index is 604. The van der Waals surface area contributed by atoms with Crippen LogP contribution in [-0.2, 0) is 24.0 Å². The van der Waals surface area contributed by atoms with Gasteiger partial charge in [0.25, 0.3) is 0 Å². The maximum absolute atomic E-state index is 11.9. The molecule has 0 aliphatic heterocycles. The Morgan fingerprint density at radius 2 is 1.48 bits per heavy atom. The van der Waals surface area contributed by atoms with E-state index in [1.165, 1.54) is 6.92 Å². The average molecular weight is 555 g/mol. The molecule has 5 amide bonds. The number of hydrogen-bond donors (Lipinski definition) is 6. The van der Waals surface area contributed by atoms with Gasteiger partial charge in [0.15, 0.2) is 0 Å². The van der Waals surface area contributed by atoms with Crippen molar-refractivity contribution in [3.63, 3.8) is 0 Å². The molecule has 0 heterocycles. The third-order valence-corrected chi connectivity index (χ3v) is 5.99. The second-order valence-corrected chi connectivity index (χ2v) is 8.81. The summed E-state index contributed by atoms with van der Waals surface area (Å²) in [5.74, 6) is -1.59. The molecule has 11 nitrogen and oxygen atoms in total. The maximum atomic E-state index is 11.9. The molecule has 0 saturated heterocycles. The molecule has 0 bridgehead atoms. The molecule has 0 aromatic rings. The second-order valence-electron chi connectivity index (χ2n) is 7.05. The van der Waals surface area contributed by atoms with Gasteiger partial charge in [-0.2, -0.15) is 0 Å². The van der Waals surface area contributed by atoms with Crippen LogP contribution in [0, 0.1) is 5.92 Å². The Labute approximate surface area is 194 Å². The molecule has 0 saturated carbocycles. The van der Waals surface area contributed by atoms with E-state index in [0.29, 0.717) is 19.5 Å². The van der Waals surface area contributed by atoms with E-state index in [9.17, 15) is 24.0 Å². The van der Waals surface area contributed by atoms with Gasteiger partial charge < -0.3 is 16.0 Å². The minimum absolute atomic E-state index is 0.0149. The fraction of sp³-hybridized carbons (Fsp3) is 0.737. The second kappa shape index (κ2) is 17.7. The van der Waals surface area contributed by atoms with Crippen molar-refractivity contribution in [1.82, 2.24) is 26.6 Å². The van der Waals surface area contributed by atoms with E-state index in [4.69, 9.17) is 3.95 Å². The van der Waals surface area contributed by atoms with Crippen LogP contribution in [0.5, 0.6) is 0 Å². The van der Waals surface area contributed by atoms with Gasteiger partial charge in [0.1, 0.15) is 6.04 Å². The van der Waals surface area contributed by atoms with Crippen molar-refractivity contribution in [2.45, 2.75) is 52.5 Å². The fourth-order valence-corrected chi connectivity index (χ4v) is 3.55. The first-order chi connectivity index (χ1) is 14.7. The first-order valence-electron chi connectivity index (χ1n) is 10.4. The molecule has 31 heavy (non-hydrogen) atoms. The van der Waals surface area contributed by atoms with Gasteiger partial charge in [-0.3, -0.25) is 14.4 Å². The van der Waals surface area contributed by atoms with E-state index in [1.807, 2.05) is 6.92 Å². The number of rotatable bonds is 16. The van der Waals surface area contributed by atoms with Crippen LogP contribution in [0.3, 0.4) is 0 Å². The zero-order valence-electron chi connectivity index (χ0n) is 18.5. The number of nitrogens with one attached hydrogen (secondary N) is 5. The van der Waals surface area contributed by atoms with E-state index in [1.54, 1.807) is 6.92 Å². The monoisotopic (exact) mass is 555 g/mol. The van der Waals surface area contributed by atoms with Crippen LogP contribution in [0.25, 0.3) is 0 Å². The third-order valence-electron chi connectivity index (χ3n) is 4.16. The molecule has 12 heteroatoms. The van der Waals surface area contributed by atoms with Crippen molar-refractivity contribution < 1.29 is 45.5 Å². The van der Waals surface area contributed by atoms with Crippen LogP contribution in [0.4, 0.5) is 0 Å². The number of carbonyl (C=O) groups is 5. The minimum atomic E-state index is -0.830. The first-order valence-corrected chi connectivity index (χ1v) is 13.1. The predicted molar refractivity (Wildman–Crippen MR) is 112 cm³/mol. The van der Waals surface area contributed by atoms with E-state index < -0.39 is 39.3 Å². The molecule has 0 aromatic carbocycles. The zero-order chi connectivity index (χ0) is 23.6. The van der Waals surface area contributed by atoms with E-state index >= 15 is 0 Å². The van der Waals surface area contributed by atoms with Gasteiger partial charge in [0.2, 0.25) is 17.7 Å². The molecule has 0 aromatic heterocycles. The van der Waals surface area contributed by atoms with Crippen LogP contribution in [0.1, 0.15) is 46.5 Å². The number of hydrogen-bond acceptors (Lipinski definition) is 6. The Kier molecular flexibility index (Phi) is 16.6. The van der Waals surface area contributed by atoms with E-state index in [0.717, 1.165) is 17.3 Å². The van der Waals surface area contributed by atoms with E-state index in [-0.39, 0.29) is 43.1 Å².